The van der Waals surface area contributed by atoms with Crippen LogP contribution >= 0.6 is 0 Å². The molecular formula is C15H28N2O2. The van der Waals surface area contributed by atoms with Gasteiger partial charge >= 0.3 is 0 Å². The molecule has 0 bridgehead atoms. The van der Waals surface area contributed by atoms with Crippen LogP contribution in [-0.4, -0.2) is 42.3 Å². The fourth-order valence-electron chi connectivity index (χ4n) is 3.44. The van der Waals surface area contributed by atoms with Crippen LogP contribution in [0.5, 0.6) is 0 Å². The Morgan fingerprint density at radius 1 is 1.37 bits per heavy atom. The quantitative estimate of drug-likeness (QED) is 0.830. The number of amides is 1. The molecule has 110 valence electrons. The minimum Gasteiger partial charge on any atom is -0.381 e. The molecule has 3 unspecified atom stereocenters. The highest BCUT2D eigenvalue weighted by Gasteiger charge is 2.41. The number of ether oxygens (including phenoxy) is 1. The van der Waals surface area contributed by atoms with Gasteiger partial charge in [0.1, 0.15) is 0 Å². The molecule has 0 aliphatic carbocycles. The third kappa shape index (κ3) is 3.11. The van der Waals surface area contributed by atoms with Gasteiger partial charge in [0.15, 0.2) is 0 Å². The standard InChI is InChI=1S/C15H28N2O2/c1-4-6-13-15(18)17(14(5-2)16-13)11(3)12-7-9-19-10-8-12/h11-14,16H,4-10H2,1-3H3. The third-order valence-electron chi connectivity index (χ3n) is 4.63. The van der Waals surface area contributed by atoms with Gasteiger partial charge in [-0.1, -0.05) is 20.3 Å². The van der Waals surface area contributed by atoms with Crippen molar-refractivity contribution >= 4 is 5.91 Å². The van der Waals surface area contributed by atoms with Crippen molar-refractivity contribution in [2.24, 2.45) is 5.92 Å². The summed E-state index contributed by atoms with van der Waals surface area (Å²) in [6.45, 7) is 8.20. The largest absolute Gasteiger partial charge is 0.381 e. The smallest absolute Gasteiger partial charge is 0.241 e. The second kappa shape index (κ2) is 6.71. The van der Waals surface area contributed by atoms with E-state index < -0.39 is 0 Å². The molecule has 0 aromatic rings. The summed E-state index contributed by atoms with van der Waals surface area (Å²) >= 11 is 0. The number of hydrogen-bond donors (Lipinski definition) is 1. The van der Waals surface area contributed by atoms with E-state index in [4.69, 9.17) is 4.74 Å². The lowest BCUT2D eigenvalue weighted by molar-refractivity contribution is -0.134. The average molecular weight is 268 g/mol. The molecule has 0 aromatic heterocycles. The zero-order chi connectivity index (χ0) is 13.8. The van der Waals surface area contributed by atoms with Crippen LogP contribution in [0.25, 0.3) is 0 Å². The molecule has 0 saturated carbocycles. The van der Waals surface area contributed by atoms with Crippen LogP contribution in [0, 0.1) is 5.92 Å². The predicted molar refractivity (Wildman–Crippen MR) is 75.8 cm³/mol. The Balaban J connectivity index is 2.04. The van der Waals surface area contributed by atoms with Gasteiger partial charge in [0.2, 0.25) is 5.91 Å². The first-order valence-electron chi connectivity index (χ1n) is 7.85. The van der Waals surface area contributed by atoms with E-state index in [2.05, 4.69) is 31.0 Å². The van der Waals surface area contributed by atoms with Crippen LogP contribution in [0.4, 0.5) is 0 Å². The van der Waals surface area contributed by atoms with Crippen LogP contribution in [0.1, 0.15) is 52.9 Å². The summed E-state index contributed by atoms with van der Waals surface area (Å²) < 4.78 is 5.43. The molecule has 2 aliphatic rings. The SMILES string of the molecule is CCCC1NC(CC)N(C(C)C2CCOCC2)C1=O. The maximum atomic E-state index is 12.6. The van der Waals surface area contributed by atoms with Gasteiger partial charge in [0.25, 0.3) is 0 Å². The van der Waals surface area contributed by atoms with Crippen molar-refractivity contribution in [1.82, 2.24) is 10.2 Å². The number of carbonyl (C=O) groups excluding carboxylic acids is 1. The molecule has 2 fully saturated rings. The van der Waals surface area contributed by atoms with Crippen LogP contribution in [0.2, 0.25) is 0 Å². The first-order chi connectivity index (χ1) is 9.19. The second-order valence-corrected chi connectivity index (χ2v) is 5.87. The maximum Gasteiger partial charge on any atom is 0.241 e. The molecule has 0 aromatic carbocycles. The Morgan fingerprint density at radius 3 is 2.63 bits per heavy atom. The topological polar surface area (TPSA) is 41.6 Å². The van der Waals surface area contributed by atoms with Crippen LogP contribution in [-0.2, 0) is 9.53 Å². The Morgan fingerprint density at radius 2 is 2.05 bits per heavy atom. The molecule has 2 heterocycles. The molecule has 19 heavy (non-hydrogen) atoms. The Bertz CT molecular complexity index is 303. The molecule has 1 N–H and O–H groups in total. The van der Waals surface area contributed by atoms with Crippen LogP contribution < -0.4 is 5.32 Å². The normalized spacial score (nSPS) is 30.9. The van der Waals surface area contributed by atoms with Crippen molar-refractivity contribution < 1.29 is 9.53 Å². The number of nitrogens with one attached hydrogen (secondary N) is 1. The van der Waals surface area contributed by atoms with Crippen molar-refractivity contribution in [1.29, 1.82) is 0 Å². The van der Waals surface area contributed by atoms with E-state index in [0.717, 1.165) is 45.3 Å². The fraction of sp³-hybridized carbons (Fsp3) is 0.933. The van der Waals surface area contributed by atoms with Crippen molar-refractivity contribution in [2.45, 2.75) is 71.1 Å². The molecule has 2 saturated heterocycles. The zero-order valence-corrected chi connectivity index (χ0v) is 12.5. The summed E-state index contributed by atoms with van der Waals surface area (Å²) in [6.07, 6.45) is 5.38. The monoisotopic (exact) mass is 268 g/mol. The van der Waals surface area contributed by atoms with Gasteiger partial charge in [0.05, 0.1) is 12.2 Å². The molecule has 1 amide bonds. The first kappa shape index (κ1) is 14.8. The average Bonchev–Trinajstić information content (AvgIpc) is 2.76. The van der Waals surface area contributed by atoms with Crippen molar-refractivity contribution in [3.8, 4) is 0 Å². The zero-order valence-electron chi connectivity index (χ0n) is 12.5. The molecule has 4 heteroatoms. The highest BCUT2D eigenvalue weighted by molar-refractivity contribution is 5.84. The van der Waals surface area contributed by atoms with Gasteiger partial charge in [-0.15, -0.1) is 0 Å². The molecular weight excluding hydrogens is 240 g/mol. The van der Waals surface area contributed by atoms with E-state index in [1.165, 1.54) is 0 Å². The van der Waals surface area contributed by atoms with Crippen molar-refractivity contribution in [3.05, 3.63) is 0 Å². The van der Waals surface area contributed by atoms with Gasteiger partial charge in [-0.05, 0) is 38.5 Å². The number of nitrogens with zero attached hydrogens (tertiary/aromatic N) is 1. The van der Waals surface area contributed by atoms with Crippen molar-refractivity contribution in [2.75, 3.05) is 13.2 Å². The van der Waals surface area contributed by atoms with E-state index in [0.29, 0.717) is 17.9 Å². The minimum atomic E-state index is 0.0391. The lowest BCUT2D eigenvalue weighted by Crippen LogP contribution is -2.47. The van der Waals surface area contributed by atoms with Gasteiger partial charge in [-0.2, -0.15) is 0 Å². The summed E-state index contributed by atoms with van der Waals surface area (Å²) in [6, 6.07) is 0.368. The van der Waals surface area contributed by atoms with Gasteiger partial charge in [0, 0.05) is 19.3 Å². The minimum absolute atomic E-state index is 0.0391. The summed E-state index contributed by atoms with van der Waals surface area (Å²) in [4.78, 5) is 14.7. The lowest BCUT2D eigenvalue weighted by atomic mass is 9.91. The van der Waals surface area contributed by atoms with Crippen LogP contribution in [0.3, 0.4) is 0 Å². The second-order valence-electron chi connectivity index (χ2n) is 5.87. The molecule has 0 radical (unpaired) electrons. The van der Waals surface area contributed by atoms with E-state index in [1.54, 1.807) is 0 Å². The fourth-order valence-corrected chi connectivity index (χ4v) is 3.44. The number of hydrogen-bond acceptors (Lipinski definition) is 3. The van der Waals surface area contributed by atoms with E-state index in [1.807, 2.05) is 0 Å². The van der Waals surface area contributed by atoms with E-state index in [9.17, 15) is 4.79 Å². The first-order valence-corrected chi connectivity index (χ1v) is 7.85. The van der Waals surface area contributed by atoms with E-state index in [-0.39, 0.29) is 12.2 Å². The van der Waals surface area contributed by atoms with Crippen LogP contribution in [0.15, 0.2) is 0 Å². The molecule has 2 aliphatic heterocycles. The highest BCUT2D eigenvalue weighted by Crippen LogP contribution is 2.28. The maximum absolute atomic E-state index is 12.6. The molecule has 4 nitrogen and oxygen atoms in total. The Hall–Kier alpha value is -0.610. The van der Waals surface area contributed by atoms with Crippen molar-refractivity contribution in [3.63, 3.8) is 0 Å². The predicted octanol–water partition coefficient (Wildman–Crippen LogP) is 2.14. The van der Waals surface area contributed by atoms with E-state index >= 15 is 0 Å². The summed E-state index contributed by atoms with van der Waals surface area (Å²) in [5.74, 6) is 0.904. The lowest BCUT2D eigenvalue weighted by Gasteiger charge is -2.37. The van der Waals surface area contributed by atoms with Gasteiger partial charge in [-0.25, -0.2) is 0 Å². The summed E-state index contributed by atoms with van der Waals surface area (Å²) in [7, 11) is 0. The summed E-state index contributed by atoms with van der Waals surface area (Å²) in [5.41, 5.74) is 0. The highest BCUT2D eigenvalue weighted by atomic mass is 16.5. The Labute approximate surface area is 116 Å². The summed E-state index contributed by atoms with van der Waals surface area (Å²) in [5, 5.41) is 3.51. The Kier molecular flexibility index (Phi) is 5.22. The third-order valence-corrected chi connectivity index (χ3v) is 4.63. The number of rotatable bonds is 5. The molecule has 0 spiro atoms. The molecule has 2 rings (SSSR count). The van der Waals surface area contributed by atoms with Gasteiger partial charge < -0.3 is 9.64 Å². The molecule has 3 atom stereocenters. The van der Waals surface area contributed by atoms with Gasteiger partial charge in [-0.3, -0.25) is 10.1 Å². The number of carbonyl (C=O) groups is 1.